The molecule has 0 saturated carbocycles. The fourth-order valence-electron chi connectivity index (χ4n) is 4.04. The van der Waals surface area contributed by atoms with E-state index in [0.29, 0.717) is 23.5 Å². The Hall–Kier alpha value is -2.35. The summed E-state index contributed by atoms with van der Waals surface area (Å²) in [7, 11) is 0. The molecule has 7 heteroatoms. The maximum Gasteiger partial charge on any atom is 0.251 e. The highest BCUT2D eigenvalue weighted by molar-refractivity contribution is 8.00. The van der Waals surface area contributed by atoms with Gasteiger partial charge < -0.3 is 15.4 Å². The molecule has 30 heavy (non-hydrogen) atoms. The van der Waals surface area contributed by atoms with Crippen LogP contribution in [0, 0.1) is 0 Å². The molecule has 2 N–H and O–H groups in total. The Morgan fingerprint density at radius 3 is 2.67 bits per heavy atom. The topological polar surface area (TPSA) is 70.7 Å². The standard InChI is InChI=1S/C23H27N3O3S/c1-15-11-26(12-16(2)29-15)13-19-6-4-3-5-18(19)10-24-23(28)17-7-8-21-20(9-17)25-22(27)14-30-21/h3-9,15-16H,10-14H2,1-2H3,(H,24,28)(H,25,27). The average Bonchev–Trinajstić information content (AvgIpc) is 2.71. The van der Waals surface area contributed by atoms with Crippen molar-refractivity contribution in [3.63, 3.8) is 0 Å². The summed E-state index contributed by atoms with van der Waals surface area (Å²) in [6.45, 7) is 7.32. The number of hydrogen-bond acceptors (Lipinski definition) is 5. The van der Waals surface area contributed by atoms with E-state index in [1.54, 1.807) is 12.1 Å². The predicted molar refractivity (Wildman–Crippen MR) is 119 cm³/mol. The van der Waals surface area contributed by atoms with Crippen LogP contribution in [0.5, 0.6) is 0 Å². The van der Waals surface area contributed by atoms with Crippen molar-refractivity contribution in [2.75, 3.05) is 24.2 Å². The van der Waals surface area contributed by atoms with Crippen LogP contribution in [0.2, 0.25) is 0 Å². The van der Waals surface area contributed by atoms with Crippen molar-refractivity contribution < 1.29 is 14.3 Å². The molecule has 2 atom stereocenters. The van der Waals surface area contributed by atoms with Gasteiger partial charge in [-0.05, 0) is 43.2 Å². The van der Waals surface area contributed by atoms with Gasteiger partial charge in [-0.3, -0.25) is 14.5 Å². The molecule has 2 aliphatic heterocycles. The van der Waals surface area contributed by atoms with Crippen LogP contribution in [0.4, 0.5) is 5.69 Å². The van der Waals surface area contributed by atoms with Gasteiger partial charge in [-0.1, -0.05) is 24.3 Å². The lowest BCUT2D eigenvalue weighted by atomic mass is 10.1. The molecule has 0 aromatic heterocycles. The van der Waals surface area contributed by atoms with Crippen LogP contribution in [-0.2, 0) is 22.6 Å². The zero-order valence-corrected chi connectivity index (χ0v) is 18.1. The summed E-state index contributed by atoms with van der Waals surface area (Å²) >= 11 is 1.49. The molecule has 1 saturated heterocycles. The summed E-state index contributed by atoms with van der Waals surface area (Å²) in [5.41, 5.74) is 3.58. The number of thioether (sulfide) groups is 1. The van der Waals surface area contributed by atoms with Gasteiger partial charge in [0, 0.05) is 36.6 Å². The number of amides is 2. The highest BCUT2D eigenvalue weighted by atomic mass is 32.2. The minimum atomic E-state index is -0.147. The molecule has 2 unspecified atom stereocenters. The number of ether oxygens (including phenoxy) is 1. The first-order valence-corrected chi connectivity index (χ1v) is 11.3. The van der Waals surface area contributed by atoms with Crippen LogP contribution in [0.3, 0.4) is 0 Å². The van der Waals surface area contributed by atoms with Crippen LogP contribution in [0.15, 0.2) is 47.4 Å². The maximum atomic E-state index is 12.7. The Balaban J connectivity index is 1.41. The van der Waals surface area contributed by atoms with Gasteiger partial charge in [0.2, 0.25) is 5.91 Å². The van der Waals surface area contributed by atoms with Crippen LogP contribution >= 0.6 is 11.8 Å². The van der Waals surface area contributed by atoms with Gasteiger partial charge in [0.15, 0.2) is 0 Å². The molecule has 0 spiro atoms. The third-order valence-corrected chi connectivity index (χ3v) is 6.40. The molecule has 2 amide bonds. The van der Waals surface area contributed by atoms with Crippen LogP contribution in [-0.4, -0.2) is 47.8 Å². The van der Waals surface area contributed by atoms with E-state index in [9.17, 15) is 9.59 Å². The van der Waals surface area contributed by atoms with E-state index in [-0.39, 0.29) is 24.0 Å². The molecule has 2 heterocycles. The van der Waals surface area contributed by atoms with Gasteiger partial charge >= 0.3 is 0 Å². The number of nitrogens with zero attached hydrogens (tertiary/aromatic N) is 1. The van der Waals surface area contributed by atoms with E-state index >= 15 is 0 Å². The maximum absolute atomic E-state index is 12.7. The lowest BCUT2D eigenvalue weighted by Gasteiger charge is -2.35. The molecule has 0 aliphatic carbocycles. The minimum Gasteiger partial charge on any atom is -0.373 e. The molecular weight excluding hydrogens is 398 g/mol. The lowest BCUT2D eigenvalue weighted by molar-refractivity contribution is -0.113. The van der Waals surface area contributed by atoms with Gasteiger partial charge in [0.25, 0.3) is 5.91 Å². The van der Waals surface area contributed by atoms with Crippen LogP contribution < -0.4 is 10.6 Å². The van der Waals surface area contributed by atoms with Crippen molar-refractivity contribution in [3.05, 3.63) is 59.2 Å². The number of carbonyl (C=O) groups is 2. The van der Waals surface area contributed by atoms with Crippen molar-refractivity contribution in [2.45, 2.75) is 44.0 Å². The number of rotatable bonds is 5. The first-order valence-electron chi connectivity index (χ1n) is 10.3. The van der Waals surface area contributed by atoms with E-state index in [0.717, 1.165) is 30.1 Å². The number of benzene rings is 2. The van der Waals surface area contributed by atoms with Crippen LogP contribution in [0.1, 0.15) is 35.3 Å². The van der Waals surface area contributed by atoms with Gasteiger partial charge in [0.05, 0.1) is 23.6 Å². The first kappa shape index (κ1) is 20.9. The quantitative estimate of drug-likeness (QED) is 0.769. The van der Waals surface area contributed by atoms with Crippen molar-refractivity contribution in [2.24, 2.45) is 0 Å². The Kier molecular flexibility index (Phi) is 6.41. The minimum absolute atomic E-state index is 0.0364. The molecule has 0 bridgehead atoms. The molecule has 2 aliphatic rings. The fourth-order valence-corrected chi connectivity index (χ4v) is 4.83. The van der Waals surface area contributed by atoms with E-state index in [2.05, 4.69) is 41.5 Å². The van der Waals surface area contributed by atoms with Crippen molar-refractivity contribution in [1.82, 2.24) is 10.2 Å². The second kappa shape index (κ2) is 9.20. The summed E-state index contributed by atoms with van der Waals surface area (Å²) < 4.78 is 5.83. The SMILES string of the molecule is CC1CN(Cc2ccccc2CNC(=O)c2ccc3c(c2)NC(=O)CS3)CC(C)O1. The Labute approximate surface area is 181 Å². The second-order valence-electron chi connectivity index (χ2n) is 7.95. The number of morpholine rings is 1. The zero-order chi connectivity index (χ0) is 21.1. The van der Waals surface area contributed by atoms with Gasteiger partial charge in [0.1, 0.15) is 0 Å². The molecule has 1 fully saturated rings. The van der Waals surface area contributed by atoms with E-state index < -0.39 is 0 Å². The summed E-state index contributed by atoms with van der Waals surface area (Å²) in [5, 5.41) is 5.86. The van der Waals surface area contributed by atoms with E-state index in [1.807, 2.05) is 18.2 Å². The molecular formula is C23H27N3O3S. The summed E-state index contributed by atoms with van der Waals surface area (Å²) in [6, 6.07) is 13.7. The van der Waals surface area contributed by atoms with E-state index in [1.165, 1.54) is 17.3 Å². The Morgan fingerprint density at radius 2 is 1.90 bits per heavy atom. The van der Waals surface area contributed by atoms with E-state index in [4.69, 9.17) is 4.74 Å². The largest absolute Gasteiger partial charge is 0.373 e. The molecule has 2 aromatic carbocycles. The monoisotopic (exact) mass is 425 g/mol. The van der Waals surface area contributed by atoms with Crippen molar-refractivity contribution >= 4 is 29.3 Å². The normalized spacial score (nSPS) is 21.6. The molecule has 4 rings (SSSR count). The van der Waals surface area contributed by atoms with Crippen molar-refractivity contribution in [1.29, 1.82) is 0 Å². The van der Waals surface area contributed by atoms with Crippen molar-refractivity contribution in [3.8, 4) is 0 Å². The lowest BCUT2D eigenvalue weighted by Crippen LogP contribution is -2.45. The second-order valence-corrected chi connectivity index (χ2v) is 8.97. The number of nitrogens with one attached hydrogen (secondary N) is 2. The van der Waals surface area contributed by atoms with Crippen LogP contribution in [0.25, 0.3) is 0 Å². The Morgan fingerprint density at radius 1 is 1.17 bits per heavy atom. The Bertz CT molecular complexity index is 939. The fraction of sp³-hybridized carbons (Fsp3) is 0.391. The molecule has 2 aromatic rings. The average molecular weight is 426 g/mol. The summed E-state index contributed by atoms with van der Waals surface area (Å²) in [5.74, 6) is 0.229. The molecule has 0 radical (unpaired) electrons. The number of fused-ring (bicyclic) bond motifs is 1. The first-order chi connectivity index (χ1) is 14.5. The predicted octanol–water partition coefficient (Wildman–Crippen LogP) is 3.27. The summed E-state index contributed by atoms with van der Waals surface area (Å²) in [6.07, 6.45) is 0.451. The third-order valence-electron chi connectivity index (χ3n) is 5.32. The smallest absolute Gasteiger partial charge is 0.251 e. The highest BCUT2D eigenvalue weighted by Gasteiger charge is 2.23. The zero-order valence-electron chi connectivity index (χ0n) is 17.3. The van der Waals surface area contributed by atoms with Gasteiger partial charge in [-0.25, -0.2) is 0 Å². The summed E-state index contributed by atoms with van der Waals surface area (Å²) in [4.78, 5) is 27.7. The van der Waals surface area contributed by atoms with Gasteiger partial charge in [-0.15, -0.1) is 11.8 Å². The number of carbonyl (C=O) groups excluding carboxylic acids is 2. The molecule has 6 nitrogen and oxygen atoms in total. The number of anilines is 1. The number of hydrogen-bond donors (Lipinski definition) is 2. The molecule has 158 valence electrons. The third kappa shape index (κ3) is 5.03. The van der Waals surface area contributed by atoms with Gasteiger partial charge in [-0.2, -0.15) is 0 Å². The highest BCUT2D eigenvalue weighted by Crippen LogP contribution is 2.32.